The molecular formula is C34H31N3. The van der Waals surface area contributed by atoms with Crippen LogP contribution in [0.4, 0.5) is 17.1 Å². The maximum Gasteiger partial charge on any atom is 0.0887 e. The summed E-state index contributed by atoms with van der Waals surface area (Å²) >= 11 is 0. The highest BCUT2D eigenvalue weighted by Gasteiger charge is 2.38. The van der Waals surface area contributed by atoms with Gasteiger partial charge in [0.1, 0.15) is 0 Å². The van der Waals surface area contributed by atoms with Crippen molar-refractivity contribution in [1.82, 2.24) is 9.97 Å². The molecule has 0 bridgehead atoms. The van der Waals surface area contributed by atoms with Crippen LogP contribution in [0, 0.1) is 0 Å². The fourth-order valence-corrected chi connectivity index (χ4v) is 5.63. The van der Waals surface area contributed by atoms with Gasteiger partial charge in [-0.3, -0.25) is 9.97 Å². The Labute approximate surface area is 219 Å². The van der Waals surface area contributed by atoms with Crippen LogP contribution in [0.5, 0.6) is 0 Å². The molecule has 0 aliphatic heterocycles. The number of nitrogens with zero attached hydrogens (tertiary/aromatic N) is 3. The molecule has 1 aliphatic rings. The van der Waals surface area contributed by atoms with Gasteiger partial charge in [-0.15, -0.1) is 0 Å². The van der Waals surface area contributed by atoms with Crippen molar-refractivity contribution in [2.45, 2.75) is 39.0 Å². The van der Waals surface area contributed by atoms with E-state index in [2.05, 4.69) is 116 Å². The van der Waals surface area contributed by atoms with E-state index in [0.717, 1.165) is 22.8 Å². The van der Waals surface area contributed by atoms with E-state index >= 15 is 0 Å². The number of hydrogen-bond donors (Lipinski definition) is 0. The quantitative estimate of drug-likeness (QED) is 0.251. The first-order chi connectivity index (χ1) is 17.9. The van der Waals surface area contributed by atoms with Gasteiger partial charge in [0.25, 0.3) is 0 Å². The monoisotopic (exact) mass is 481 g/mol. The Morgan fingerprint density at radius 3 is 2.05 bits per heavy atom. The molecule has 0 radical (unpaired) electrons. The van der Waals surface area contributed by atoms with Crippen molar-refractivity contribution < 1.29 is 0 Å². The van der Waals surface area contributed by atoms with Crippen LogP contribution in [0.1, 0.15) is 50.3 Å². The average Bonchev–Trinajstić information content (AvgIpc) is 3.17. The fraction of sp³-hybridized carbons (Fsp3) is 0.176. The molecule has 5 aromatic rings. The van der Waals surface area contributed by atoms with Gasteiger partial charge in [-0.25, -0.2) is 0 Å². The predicted molar refractivity (Wildman–Crippen MR) is 154 cm³/mol. The van der Waals surface area contributed by atoms with Crippen molar-refractivity contribution in [3.05, 3.63) is 126 Å². The lowest BCUT2D eigenvalue weighted by Gasteiger charge is -2.32. The minimum absolute atomic E-state index is 0.125. The van der Waals surface area contributed by atoms with Crippen molar-refractivity contribution in [3.63, 3.8) is 0 Å². The number of hydrogen-bond acceptors (Lipinski definition) is 3. The van der Waals surface area contributed by atoms with Crippen LogP contribution >= 0.6 is 0 Å². The van der Waals surface area contributed by atoms with Gasteiger partial charge in [0.2, 0.25) is 0 Å². The minimum Gasteiger partial charge on any atom is -0.309 e. The molecule has 0 atom stereocenters. The maximum atomic E-state index is 4.83. The number of benzene rings is 3. The van der Waals surface area contributed by atoms with E-state index in [4.69, 9.17) is 4.98 Å². The smallest absolute Gasteiger partial charge is 0.0887 e. The van der Waals surface area contributed by atoms with Gasteiger partial charge in [-0.1, -0.05) is 82.3 Å². The molecule has 0 saturated carbocycles. The van der Waals surface area contributed by atoms with Crippen LogP contribution in [-0.4, -0.2) is 9.97 Å². The molecule has 3 heteroatoms. The van der Waals surface area contributed by atoms with Gasteiger partial charge < -0.3 is 4.90 Å². The topological polar surface area (TPSA) is 29.0 Å². The highest BCUT2D eigenvalue weighted by molar-refractivity contribution is 5.90. The molecule has 1 aliphatic carbocycles. The summed E-state index contributed by atoms with van der Waals surface area (Å²) in [5.41, 5.74) is 11.6. The van der Waals surface area contributed by atoms with Gasteiger partial charge in [0.15, 0.2) is 0 Å². The zero-order chi connectivity index (χ0) is 25.6. The van der Waals surface area contributed by atoms with E-state index in [1.165, 1.54) is 33.5 Å². The molecular weight excluding hydrogens is 450 g/mol. The molecule has 0 amide bonds. The summed E-state index contributed by atoms with van der Waals surface area (Å²) in [4.78, 5) is 11.7. The van der Waals surface area contributed by atoms with Crippen molar-refractivity contribution in [1.29, 1.82) is 0 Å². The molecule has 0 N–H and O–H groups in total. The van der Waals surface area contributed by atoms with E-state index in [1.54, 1.807) is 6.20 Å². The zero-order valence-corrected chi connectivity index (χ0v) is 21.8. The third-order valence-corrected chi connectivity index (χ3v) is 7.55. The first-order valence-corrected chi connectivity index (χ1v) is 13.0. The van der Waals surface area contributed by atoms with Crippen LogP contribution in [0.25, 0.3) is 22.5 Å². The lowest BCUT2D eigenvalue weighted by molar-refractivity contribution is 0.661. The van der Waals surface area contributed by atoms with Crippen molar-refractivity contribution >= 4 is 17.1 Å². The molecule has 0 spiro atoms. The fourth-order valence-electron chi connectivity index (χ4n) is 5.63. The van der Waals surface area contributed by atoms with Gasteiger partial charge in [0.05, 0.1) is 29.0 Å². The van der Waals surface area contributed by atoms with Crippen LogP contribution in [0.2, 0.25) is 0 Å². The molecule has 0 fully saturated rings. The number of pyridine rings is 2. The second kappa shape index (κ2) is 9.01. The second-order valence-corrected chi connectivity index (χ2v) is 10.6. The third-order valence-electron chi connectivity index (χ3n) is 7.55. The Hall–Kier alpha value is -4.24. The zero-order valence-electron chi connectivity index (χ0n) is 21.8. The van der Waals surface area contributed by atoms with Gasteiger partial charge >= 0.3 is 0 Å². The second-order valence-electron chi connectivity index (χ2n) is 10.6. The maximum absolute atomic E-state index is 4.83. The number of anilines is 3. The standard InChI is InChI=1S/C34H31N3/c1-23(2)24-15-17-25(18-16-24)37(26-19-20-31(36-22-26)30-13-7-8-21-35-30)32-14-9-11-28-27-10-5-6-12-29(27)34(3,4)33(28)32/h5-23H,1-4H3. The van der Waals surface area contributed by atoms with Crippen molar-refractivity contribution in [3.8, 4) is 22.5 Å². The van der Waals surface area contributed by atoms with Gasteiger partial charge in [-0.2, -0.15) is 0 Å². The first-order valence-electron chi connectivity index (χ1n) is 13.0. The molecule has 6 rings (SSSR count). The Balaban J connectivity index is 1.53. The van der Waals surface area contributed by atoms with E-state index in [-0.39, 0.29) is 5.41 Å². The number of rotatable bonds is 5. The largest absolute Gasteiger partial charge is 0.309 e. The molecule has 182 valence electrons. The number of fused-ring (bicyclic) bond motifs is 3. The normalized spacial score (nSPS) is 13.3. The summed E-state index contributed by atoms with van der Waals surface area (Å²) < 4.78 is 0. The SMILES string of the molecule is CC(C)c1ccc(N(c2ccc(-c3ccccn3)nc2)c2cccc3c2C(C)(C)c2ccccc2-3)cc1. The van der Waals surface area contributed by atoms with Crippen LogP contribution in [0.3, 0.4) is 0 Å². The van der Waals surface area contributed by atoms with E-state index in [0.29, 0.717) is 5.92 Å². The van der Waals surface area contributed by atoms with Crippen molar-refractivity contribution in [2.75, 3.05) is 4.90 Å². The Kier molecular flexibility index (Phi) is 5.64. The molecule has 3 aromatic carbocycles. The molecule has 0 unspecified atom stereocenters. The Morgan fingerprint density at radius 1 is 0.649 bits per heavy atom. The highest BCUT2D eigenvalue weighted by Crippen LogP contribution is 2.54. The summed E-state index contributed by atoms with van der Waals surface area (Å²) in [6.45, 7) is 9.14. The van der Waals surface area contributed by atoms with E-state index in [1.807, 2.05) is 24.4 Å². The summed E-state index contributed by atoms with van der Waals surface area (Å²) in [5.74, 6) is 0.483. The summed E-state index contributed by atoms with van der Waals surface area (Å²) in [6, 6.07) is 34.6. The average molecular weight is 482 g/mol. The minimum atomic E-state index is -0.125. The van der Waals surface area contributed by atoms with Gasteiger partial charge in [-0.05, 0) is 76.2 Å². The molecule has 37 heavy (non-hydrogen) atoms. The summed E-state index contributed by atoms with van der Waals surface area (Å²) in [6.07, 6.45) is 3.77. The molecule has 2 heterocycles. The van der Waals surface area contributed by atoms with E-state index in [9.17, 15) is 0 Å². The van der Waals surface area contributed by atoms with Gasteiger partial charge in [0, 0.05) is 17.3 Å². The van der Waals surface area contributed by atoms with Crippen LogP contribution in [0.15, 0.2) is 109 Å². The lowest BCUT2D eigenvalue weighted by atomic mass is 9.81. The van der Waals surface area contributed by atoms with Crippen LogP contribution < -0.4 is 4.90 Å². The molecule has 3 nitrogen and oxygen atoms in total. The number of aromatic nitrogens is 2. The predicted octanol–water partition coefficient (Wildman–Crippen LogP) is 9.04. The van der Waals surface area contributed by atoms with E-state index < -0.39 is 0 Å². The lowest BCUT2D eigenvalue weighted by Crippen LogP contribution is -2.20. The Morgan fingerprint density at radius 2 is 1.35 bits per heavy atom. The Bertz CT molecular complexity index is 1550. The molecule has 2 aromatic heterocycles. The van der Waals surface area contributed by atoms with Crippen molar-refractivity contribution in [2.24, 2.45) is 0 Å². The summed E-state index contributed by atoms with van der Waals surface area (Å²) in [5, 5.41) is 0. The third kappa shape index (κ3) is 3.92. The summed E-state index contributed by atoms with van der Waals surface area (Å²) in [7, 11) is 0. The van der Waals surface area contributed by atoms with Crippen LogP contribution in [-0.2, 0) is 5.41 Å². The highest BCUT2D eigenvalue weighted by atomic mass is 15.2. The first kappa shape index (κ1) is 23.2. The molecule has 0 saturated heterocycles.